The molecule has 0 unspecified atom stereocenters. The number of rotatable bonds is 7. The van der Waals surface area contributed by atoms with Crippen LogP contribution >= 0.6 is 0 Å². The first kappa shape index (κ1) is 19.8. The summed E-state index contributed by atoms with van der Waals surface area (Å²) in [6.07, 6.45) is 0.456. The van der Waals surface area contributed by atoms with Crippen LogP contribution in [0.3, 0.4) is 0 Å². The van der Waals surface area contributed by atoms with Gasteiger partial charge in [0.1, 0.15) is 5.75 Å². The number of anilines is 1. The molecule has 1 amide bonds. The highest BCUT2D eigenvalue weighted by molar-refractivity contribution is 7.92. The van der Waals surface area contributed by atoms with Gasteiger partial charge in [0.05, 0.1) is 18.0 Å². The first-order valence-electron chi connectivity index (χ1n) is 8.24. The summed E-state index contributed by atoms with van der Waals surface area (Å²) < 4.78 is 29.9. The Morgan fingerprint density at radius 2 is 1.62 bits per heavy atom. The number of carbonyl (C=O) groups excluding carboxylic acids is 1. The van der Waals surface area contributed by atoms with Crippen molar-refractivity contribution in [2.75, 3.05) is 17.6 Å². The molecule has 0 aliphatic heterocycles. The smallest absolute Gasteiger partial charge is 0.261 e. The number of hydrogen-bond donors (Lipinski definition) is 1. The van der Waals surface area contributed by atoms with Gasteiger partial charge in [0.25, 0.3) is 5.91 Å². The van der Waals surface area contributed by atoms with Crippen LogP contribution < -0.4 is 14.4 Å². The molecule has 0 fully saturated rings. The van der Waals surface area contributed by atoms with Gasteiger partial charge < -0.3 is 10.1 Å². The van der Waals surface area contributed by atoms with E-state index in [1.807, 2.05) is 37.3 Å². The number of carbonyl (C=O) groups is 1. The Labute approximate surface area is 154 Å². The van der Waals surface area contributed by atoms with Crippen LogP contribution in [0.2, 0.25) is 0 Å². The molecule has 7 heteroatoms. The van der Waals surface area contributed by atoms with E-state index in [1.54, 1.807) is 31.2 Å². The number of ether oxygens (including phenoxy) is 1. The number of nitrogens with one attached hydrogen (secondary N) is 1. The van der Waals surface area contributed by atoms with Crippen molar-refractivity contribution >= 4 is 21.6 Å². The molecule has 1 N–H and O–H groups in total. The fourth-order valence-electron chi connectivity index (χ4n) is 2.34. The highest BCUT2D eigenvalue weighted by atomic mass is 32.2. The molecule has 2 aromatic carbocycles. The molecular formula is C19H24N2O4S. The monoisotopic (exact) mass is 376 g/mol. The normalized spacial score (nSPS) is 13.5. The molecule has 2 rings (SSSR count). The summed E-state index contributed by atoms with van der Waals surface area (Å²) in [5.74, 6) is 0.268. The van der Waals surface area contributed by atoms with Crippen LogP contribution in [0.25, 0.3) is 0 Å². The van der Waals surface area contributed by atoms with Gasteiger partial charge in [0, 0.05) is 7.05 Å². The lowest BCUT2D eigenvalue weighted by atomic mass is 10.1. The van der Waals surface area contributed by atoms with Crippen molar-refractivity contribution in [1.29, 1.82) is 0 Å². The molecule has 6 nitrogen and oxygen atoms in total. The molecule has 0 aliphatic carbocycles. The fourth-order valence-corrected chi connectivity index (χ4v) is 2.84. The van der Waals surface area contributed by atoms with Gasteiger partial charge in [-0.1, -0.05) is 30.3 Å². The maximum Gasteiger partial charge on any atom is 0.261 e. The molecule has 0 spiro atoms. The molecule has 0 aliphatic rings. The maximum atomic E-state index is 12.3. The average Bonchev–Trinajstić information content (AvgIpc) is 2.61. The van der Waals surface area contributed by atoms with Crippen LogP contribution in [0.15, 0.2) is 54.6 Å². The van der Waals surface area contributed by atoms with Gasteiger partial charge >= 0.3 is 0 Å². The van der Waals surface area contributed by atoms with Crippen molar-refractivity contribution in [1.82, 2.24) is 5.32 Å². The first-order chi connectivity index (χ1) is 12.2. The molecular weight excluding hydrogens is 352 g/mol. The SMILES string of the molecule is C[C@H](Oc1ccc(N(C)S(C)(=O)=O)cc1)C(=O)N[C@H](C)c1ccccc1. The Bertz CT molecular complexity index is 836. The first-order valence-corrected chi connectivity index (χ1v) is 10.1. The second kappa shape index (κ2) is 8.23. The summed E-state index contributed by atoms with van der Waals surface area (Å²) in [6.45, 7) is 3.58. The summed E-state index contributed by atoms with van der Waals surface area (Å²) >= 11 is 0. The number of nitrogens with zero attached hydrogens (tertiary/aromatic N) is 1. The van der Waals surface area contributed by atoms with E-state index in [-0.39, 0.29) is 11.9 Å². The zero-order valence-corrected chi connectivity index (χ0v) is 16.2. The summed E-state index contributed by atoms with van der Waals surface area (Å²) in [5.41, 5.74) is 1.54. The molecule has 0 saturated heterocycles. The summed E-state index contributed by atoms with van der Waals surface area (Å²) in [5, 5.41) is 2.91. The molecule has 0 aromatic heterocycles. The predicted molar refractivity (Wildman–Crippen MR) is 103 cm³/mol. The Balaban J connectivity index is 1.96. The third-order valence-electron chi connectivity index (χ3n) is 4.04. The van der Waals surface area contributed by atoms with Gasteiger partial charge in [-0.3, -0.25) is 9.10 Å². The fraction of sp³-hybridized carbons (Fsp3) is 0.316. The highest BCUT2D eigenvalue weighted by Gasteiger charge is 2.18. The number of hydrogen-bond acceptors (Lipinski definition) is 4. The van der Waals surface area contributed by atoms with Crippen molar-refractivity contribution in [3.05, 3.63) is 60.2 Å². The molecule has 0 radical (unpaired) electrons. The summed E-state index contributed by atoms with van der Waals surface area (Å²) in [4.78, 5) is 12.3. The van der Waals surface area contributed by atoms with Crippen LogP contribution in [0.4, 0.5) is 5.69 Å². The predicted octanol–water partition coefficient (Wildman–Crippen LogP) is 2.73. The van der Waals surface area contributed by atoms with Crippen molar-refractivity contribution in [2.24, 2.45) is 0 Å². The van der Waals surface area contributed by atoms with E-state index in [1.165, 1.54) is 11.4 Å². The van der Waals surface area contributed by atoms with Gasteiger partial charge in [-0.25, -0.2) is 8.42 Å². The number of sulfonamides is 1. The van der Waals surface area contributed by atoms with Crippen molar-refractivity contribution in [3.63, 3.8) is 0 Å². The van der Waals surface area contributed by atoms with Gasteiger partial charge in [-0.2, -0.15) is 0 Å². The largest absolute Gasteiger partial charge is 0.481 e. The van der Waals surface area contributed by atoms with Gasteiger partial charge in [-0.05, 0) is 43.7 Å². The maximum absolute atomic E-state index is 12.3. The third-order valence-corrected chi connectivity index (χ3v) is 5.24. The lowest BCUT2D eigenvalue weighted by Gasteiger charge is -2.20. The number of amides is 1. The molecule has 26 heavy (non-hydrogen) atoms. The van der Waals surface area contributed by atoms with Gasteiger partial charge in [0.2, 0.25) is 10.0 Å². The number of benzene rings is 2. The second-order valence-electron chi connectivity index (χ2n) is 6.13. The molecule has 0 heterocycles. The van der Waals surface area contributed by atoms with Crippen LogP contribution in [-0.2, 0) is 14.8 Å². The topological polar surface area (TPSA) is 75.7 Å². The minimum absolute atomic E-state index is 0.125. The van der Waals surface area contributed by atoms with Gasteiger partial charge in [0.15, 0.2) is 6.10 Å². The summed E-state index contributed by atoms with van der Waals surface area (Å²) in [6, 6.07) is 16.1. The van der Waals surface area contributed by atoms with Crippen molar-refractivity contribution in [2.45, 2.75) is 26.0 Å². The lowest BCUT2D eigenvalue weighted by molar-refractivity contribution is -0.127. The Morgan fingerprint density at radius 3 is 2.15 bits per heavy atom. The Hall–Kier alpha value is -2.54. The van der Waals surface area contributed by atoms with Crippen LogP contribution in [0, 0.1) is 0 Å². The molecule has 2 aromatic rings. The van der Waals surface area contributed by atoms with E-state index in [4.69, 9.17) is 4.74 Å². The minimum Gasteiger partial charge on any atom is -0.481 e. The van der Waals surface area contributed by atoms with E-state index in [2.05, 4.69) is 5.32 Å². The molecule has 140 valence electrons. The van der Waals surface area contributed by atoms with Crippen LogP contribution in [-0.4, -0.2) is 33.7 Å². The zero-order chi connectivity index (χ0) is 19.3. The van der Waals surface area contributed by atoms with Gasteiger partial charge in [-0.15, -0.1) is 0 Å². The van der Waals surface area contributed by atoms with Crippen molar-refractivity contribution < 1.29 is 17.9 Å². The molecule has 2 atom stereocenters. The minimum atomic E-state index is -3.32. The zero-order valence-electron chi connectivity index (χ0n) is 15.3. The second-order valence-corrected chi connectivity index (χ2v) is 8.14. The lowest BCUT2D eigenvalue weighted by Crippen LogP contribution is -2.37. The van der Waals surface area contributed by atoms with E-state index in [0.29, 0.717) is 11.4 Å². The van der Waals surface area contributed by atoms with Crippen molar-refractivity contribution in [3.8, 4) is 5.75 Å². The average molecular weight is 376 g/mol. The van der Waals surface area contributed by atoms with E-state index < -0.39 is 16.1 Å². The Morgan fingerprint density at radius 1 is 1.04 bits per heavy atom. The standard InChI is InChI=1S/C19H24N2O4S/c1-14(16-8-6-5-7-9-16)20-19(22)15(2)25-18-12-10-17(11-13-18)21(3)26(4,23)24/h5-15H,1-4H3,(H,20,22)/t14-,15+/m1/s1. The molecule has 0 bridgehead atoms. The van der Waals surface area contributed by atoms with E-state index >= 15 is 0 Å². The van der Waals surface area contributed by atoms with Crippen LogP contribution in [0.5, 0.6) is 5.75 Å². The van der Waals surface area contributed by atoms with E-state index in [9.17, 15) is 13.2 Å². The Kier molecular flexibility index (Phi) is 6.26. The van der Waals surface area contributed by atoms with E-state index in [0.717, 1.165) is 11.8 Å². The summed E-state index contributed by atoms with van der Waals surface area (Å²) in [7, 11) is -1.84. The van der Waals surface area contributed by atoms with Crippen LogP contribution in [0.1, 0.15) is 25.5 Å². The highest BCUT2D eigenvalue weighted by Crippen LogP contribution is 2.21. The quantitative estimate of drug-likeness (QED) is 0.806. The third kappa shape index (κ3) is 5.23. The molecule has 0 saturated carbocycles.